The van der Waals surface area contributed by atoms with E-state index in [1.54, 1.807) is 5.57 Å². The molecule has 0 radical (unpaired) electrons. The van der Waals surface area contributed by atoms with Crippen molar-refractivity contribution in [1.82, 2.24) is 14.9 Å². The number of nitrogens with zero attached hydrogens (tertiary/aromatic N) is 4. The number of hydroxylamine groups is 3. The summed E-state index contributed by atoms with van der Waals surface area (Å²) in [6.45, 7) is 5.10. The number of aromatic nitrogens is 2. The fourth-order valence-electron chi connectivity index (χ4n) is 17.5. The Labute approximate surface area is 399 Å². The van der Waals surface area contributed by atoms with Crippen molar-refractivity contribution in [3.8, 4) is 0 Å². The van der Waals surface area contributed by atoms with Crippen molar-refractivity contribution >= 4 is 21.5 Å². The summed E-state index contributed by atoms with van der Waals surface area (Å²) < 4.78 is 14.6. The summed E-state index contributed by atoms with van der Waals surface area (Å²) in [6.07, 6.45) is 36.4. The Bertz CT molecular complexity index is 2820. The Kier molecular flexibility index (Phi) is 9.50. The molecule has 2 aromatic carbocycles. The molecule has 14 rings (SSSR count). The topological polar surface area (TPSA) is 70.5 Å². The summed E-state index contributed by atoms with van der Waals surface area (Å²) >= 11 is 0. The van der Waals surface area contributed by atoms with Crippen LogP contribution in [0.25, 0.3) is 21.5 Å². The molecule has 10 aliphatic rings. The number of pyridine rings is 2. The predicted molar refractivity (Wildman–Crippen MR) is 268 cm³/mol. The van der Waals surface area contributed by atoms with Gasteiger partial charge in [0.2, 0.25) is 0 Å². The largest absolute Gasteiger partial charge is 0.633 e. The van der Waals surface area contributed by atoms with Gasteiger partial charge in [-0.05, 0) is 207 Å². The van der Waals surface area contributed by atoms with Crippen molar-refractivity contribution in [3.63, 3.8) is 0 Å². The molecule has 2 aromatic heterocycles. The van der Waals surface area contributed by atoms with E-state index in [1.807, 2.05) is 38.9 Å². The Balaban J connectivity index is 0.000000133. The molecule has 12 atom stereocenters. The summed E-state index contributed by atoms with van der Waals surface area (Å²) in [7, 11) is 8.11. The van der Waals surface area contributed by atoms with Gasteiger partial charge in [-0.2, -0.15) is 0 Å². The van der Waals surface area contributed by atoms with Crippen molar-refractivity contribution < 1.29 is 14.1 Å². The SMILES string of the molecule is CN(C)[C@H]1CCC2=CC3=CC[C@]4(C)[C@@H](c5ccc6ccncc6c5)CC[C@H]4[C@@]34CCC2(C1)O4.C[C@]12CC=C3C=C4CC[C@H]([N+](C)(C)[O-])CC45CC[C@]3(O5)[C@@H]1CC[C@@H]2c1ccc2ccncc2c1. The highest BCUT2D eigenvalue weighted by Gasteiger charge is 2.68. The Morgan fingerprint density at radius 3 is 1.63 bits per heavy atom. The second-order valence-corrected chi connectivity index (χ2v) is 24.6. The zero-order valence-corrected chi connectivity index (χ0v) is 41.0. The van der Waals surface area contributed by atoms with Crippen molar-refractivity contribution in [1.29, 1.82) is 0 Å². The first-order valence-corrected chi connectivity index (χ1v) is 26.3. The number of allylic oxidation sites excluding steroid dienone is 2. The van der Waals surface area contributed by atoms with Gasteiger partial charge in [0.1, 0.15) is 0 Å². The molecule has 6 aliphatic carbocycles. The van der Waals surface area contributed by atoms with E-state index in [9.17, 15) is 5.21 Å². The van der Waals surface area contributed by atoms with Crippen LogP contribution in [-0.2, 0) is 9.47 Å². The first-order chi connectivity index (χ1) is 32.2. The molecule has 4 bridgehead atoms. The van der Waals surface area contributed by atoms with Crippen LogP contribution in [0.15, 0.2) is 120 Å². The zero-order chi connectivity index (χ0) is 45.8. The number of hydrogen-bond donors (Lipinski definition) is 0. The van der Waals surface area contributed by atoms with Gasteiger partial charge < -0.3 is 24.2 Å². The number of rotatable bonds is 4. The summed E-state index contributed by atoms with van der Waals surface area (Å²) in [4.78, 5) is 11.2. The van der Waals surface area contributed by atoms with E-state index in [4.69, 9.17) is 9.47 Å². The fourth-order valence-corrected chi connectivity index (χ4v) is 17.5. The van der Waals surface area contributed by atoms with Crippen LogP contribution in [-0.4, -0.2) is 82.2 Å². The number of benzene rings is 2. The third-order valence-corrected chi connectivity index (χ3v) is 21.1. The third-order valence-electron chi connectivity index (χ3n) is 21.1. The van der Waals surface area contributed by atoms with Gasteiger partial charge in [-0.3, -0.25) is 9.97 Å². The van der Waals surface area contributed by atoms with Gasteiger partial charge in [0.25, 0.3) is 0 Å². The van der Waals surface area contributed by atoms with Crippen LogP contribution in [0.3, 0.4) is 0 Å². The number of quaternary nitrogens is 1. The lowest BCUT2D eigenvalue weighted by molar-refractivity contribution is -0.869. The molecule has 4 aliphatic heterocycles. The maximum absolute atomic E-state index is 12.9. The van der Waals surface area contributed by atoms with Gasteiger partial charge in [0.15, 0.2) is 0 Å². The average Bonchev–Trinajstić information content (AvgIpc) is 4.05. The third kappa shape index (κ3) is 6.19. The van der Waals surface area contributed by atoms with Crippen LogP contribution in [0.5, 0.6) is 0 Å². The standard InChI is InChI=1S/C30H36N2O2.C30H36N2O/c1-28-12-10-24-17-23-6-7-25(32(2,3)33)18-29(23)13-14-30(24,34-29)27(28)9-8-26(28)21-5-4-20-11-15-31-19-22(20)16-21;1-28-12-10-24-17-23-6-7-25(32(2)3)18-29(23)13-14-30(24,33-29)27(28)9-8-26(28)21-5-4-20-11-15-31-19-22(20)16-21/h4-5,10-11,15-17,19,25-27H,6-9,12-14,18H2,1-3H3;4-5,10-11,15-17,19,25-27H,6-9,12-14,18H2,1-3H3/t2*25-,26+,27+,28+,29?,30+/m00/s1. The molecule has 7 heteroatoms. The lowest BCUT2D eigenvalue weighted by Gasteiger charge is -2.55. The molecule has 4 aromatic rings. The van der Waals surface area contributed by atoms with Crippen LogP contribution in [0, 0.1) is 27.9 Å². The Morgan fingerprint density at radius 2 is 1.12 bits per heavy atom. The van der Waals surface area contributed by atoms with Gasteiger partial charge in [-0.1, -0.05) is 62.4 Å². The molecule has 6 heterocycles. The molecule has 2 unspecified atom stereocenters. The number of ether oxygens (including phenoxy) is 2. The second kappa shape index (κ2) is 14.8. The quantitative estimate of drug-likeness (QED) is 0.150. The van der Waals surface area contributed by atoms with Gasteiger partial charge >= 0.3 is 0 Å². The zero-order valence-electron chi connectivity index (χ0n) is 41.0. The Hall–Kier alpha value is -3.98. The van der Waals surface area contributed by atoms with Crippen LogP contribution >= 0.6 is 0 Å². The van der Waals surface area contributed by atoms with E-state index in [1.165, 1.54) is 114 Å². The first kappa shape index (κ1) is 43.1. The van der Waals surface area contributed by atoms with E-state index in [2.05, 4.69) is 116 Å². The molecular weight excluding hydrogens is 825 g/mol. The summed E-state index contributed by atoms with van der Waals surface area (Å²) in [6, 6.07) is 19.1. The highest BCUT2D eigenvalue weighted by Crippen LogP contribution is 2.71. The maximum Gasteiger partial charge on any atom is 0.0975 e. The molecule has 4 spiro atoms. The van der Waals surface area contributed by atoms with Crippen molar-refractivity contribution in [2.24, 2.45) is 22.7 Å². The minimum atomic E-state index is -0.203. The number of hydrogen-bond acceptors (Lipinski definition) is 6. The van der Waals surface area contributed by atoms with Crippen LogP contribution < -0.4 is 0 Å². The molecule has 6 fully saturated rings. The highest BCUT2D eigenvalue weighted by atomic mass is 16.6. The fraction of sp³-hybridized carbons (Fsp3) is 0.567. The van der Waals surface area contributed by atoms with Gasteiger partial charge in [-0.15, -0.1) is 0 Å². The Morgan fingerprint density at radius 1 is 0.612 bits per heavy atom. The summed E-state index contributed by atoms with van der Waals surface area (Å²) in [5, 5.41) is 17.9. The first-order valence-electron chi connectivity index (χ1n) is 26.3. The van der Waals surface area contributed by atoms with E-state index >= 15 is 0 Å². The van der Waals surface area contributed by atoms with Gasteiger partial charge in [-0.25, -0.2) is 0 Å². The monoisotopic (exact) mass is 897 g/mol. The molecule has 67 heavy (non-hydrogen) atoms. The molecule has 0 N–H and O–H groups in total. The molecule has 350 valence electrons. The predicted octanol–water partition coefficient (Wildman–Crippen LogP) is 12.8. The smallest absolute Gasteiger partial charge is 0.0975 e. The van der Waals surface area contributed by atoms with Crippen molar-refractivity contribution in [2.75, 3.05) is 28.2 Å². The van der Waals surface area contributed by atoms with E-state index in [0.717, 1.165) is 38.5 Å². The van der Waals surface area contributed by atoms with Crippen LogP contribution in [0.2, 0.25) is 0 Å². The minimum Gasteiger partial charge on any atom is -0.633 e. The summed E-state index contributed by atoms with van der Waals surface area (Å²) in [5.41, 5.74) is 9.03. The van der Waals surface area contributed by atoms with E-state index in [0.29, 0.717) is 29.7 Å². The molecule has 2 saturated heterocycles. The lowest BCUT2D eigenvalue weighted by atomic mass is 9.58. The molecule has 4 saturated carbocycles. The van der Waals surface area contributed by atoms with E-state index in [-0.39, 0.29) is 43.9 Å². The normalized spacial score (nSPS) is 41.1. The van der Waals surface area contributed by atoms with Crippen LogP contribution in [0.1, 0.15) is 140 Å². The summed E-state index contributed by atoms with van der Waals surface area (Å²) in [5.74, 6) is 2.26. The van der Waals surface area contributed by atoms with Crippen molar-refractivity contribution in [2.45, 2.75) is 163 Å². The average molecular weight is 897 g/mol. The van der Waals surface area contributed by atoms with Gasteiger partial charge in [0.05, 0.1) is 42.5 Å². The molecule has 0 amide bonds. The number of fused-ring (bicyclic) bond motifs is 4. The lowest BCUT2D eigenvalue weighted by Crippen LogP contribution is -2.56. The maximum atomic E-state index is 12.9. The molecular formula is C60H72N4O3. The molecule has 7 nitrogen and oxygen atoms in total. The highest BCUT2D eigenvalue weighted by molar-refractivity contribution is 5.83. The van der Waals surface area contributed by atoms with Crippen LogP contribution in [0.4, 0.5) is 0 Å². The van der Waals surface area contributed by atoms with Gasteiger partial charge in [0, 0.05) is 54.4 Å². The second-order valence-electron chi connectivity index (χ2n) is 24.6. The van der Waals surface area contributed by atoms with Crippen molar-refractivity contribution in [3.05, 3.63) is 136 Å². The van der Waals surface area contributed by atoms with E-state index < -0.39 is 0 Å². The minimum absolute atomic E-state index is 0.00448.